The second-order valence-electron chi connectivity index (χ2n) is 8.53. The number of rotatable bonds is 14. The minimum atomic E-state index is -0.440. The first-order valence-corrected chi connectivity index (χ1v) is 12.6. The number of hydrogen-bond donors (Lipinski definition) is 0. The maximum Gasteiger partial charge on any atom is 0.343 e. The first-order chi connectivity index (χ1) is 17.6. The Labute approximate surface area is 213 Å². The number of ether oxygens (including phenoxy) is 3. The summed E-state index contributed by atoms with van der Waals surface area (Å²) in [7, 11) is 0. The zero-order valence-corrected chi connectivity index (χ0v) is 20.9. The molecule has 5 nitrogen and oxygen atoms in total. The van der Waals surface area contributed by atoms with Gasteiger partial charge in [-0.3, -0.25) is 0 Å². The fourth-order valence-electron chi connectivity index (χ4n) is 3.51. The largest absolute Gasteiger partial charge is 0.494 e. The van der Waals surface area contributed by atoms with Gasteiger partial charge in [-0.1, -0.05) is 81.5 Å². The van der Waals surface area contributed by atoms with E-state index in [0.29, 0.717) is 17.9 Å². The molecular weight excluding hydrogens is 452 g/mol. The number of unbranched alkanes of at least 4 members (excludes halogenated alkanes) is 5. The topological polar surface area (TPSA) is 61.8 Å². The highest BCUT2D eigenvalue weighted by Crippen LogP contribution is 2.18. The van der Waals surface area contributed by atoms with Gasteiger partial charge in [-0.2, -0.15) is 0 Å². The van der Waals surface area contributed by atoms with Gasteiger partial charge < -0.3 is 14.2 Å². The Morgan fingerprint density at radius 2 is 1.42 bits per heavy atom. The normalized spacial score (nSPS) is 10.8. The van der Waals surface area contributed by atoms with Gasteiger partial charge in [0.25, 0.3) is 0 Å². The summed E-state index contributed by atoms with van der Waals surface area (Å²) in [5.74, 6) is 0.310. The predicted octanol–water partition coefficient (Wildman–Crippen LogP) is 7.40. The Morgan fingerprint density at radius 1 is 0.750 bits per heavy atom. The van der Waals surface area contributed by atoms with Gasteiger partial charge in [-0.05, 0) is 60.0 Å². The van der Waals surface area contributed by atoms with E-state index in [9.17, 15) is 9.59 Å². The molecule has 36 heavy (non-hydrogen) atoms. The van der Waals surface area contributed by atoms with E-state index < -0.39 is 11.9 Å². The van der Waals surface area contributed by atoms with Crippen LogP contribution >= 0.6 is 0 Å². The number of carbonyl (C=O) groups excluding carboxylic acids is 2. The molecule has 0 aromatic heterocycles. The third-order valence-electron chi connectivity index (χ3n) is 5.58. The van der Waals surface area contributed by atoms with Crippen molar-refractivity contribution in [2.45, 2.75) is 52.1 Å². The van der Waals surface area contributed by atoms with Crippen LogP contribution in [0.2, 0.25) is 0 Å². The van der Waals surface area contributed by atoms with Gasteiger partial charge >= 0.3 is 11.9 Å². The quantitative estimate of drug-likeness (QED) is 0.103. The van der Waals surface area contributed by atoms with E-state index in [2.05, 4.69) is 6.92 Å². The highest BCUT2D eigenvalue weighted by Gasteiger charge is 2.09. The zero-order chi connectivity index (χ0) is 25.4. The van der Waals surface area contributed by atoms with Crippen molar-refractivity contribution in [3.05, 3.63) is 102 Å². The van der Waals surface area contributed by atoms with E-state index >= 15 is 0 Å². The zero-order valence-electron chi connectivity index (χ0n) is 20.9. The maximum absolute atomic E-state index is 12.5. The van der Waals surface area contributed by atoms with Gasteiger partial charge in [0.1, 0.15) is 18.1 Å². The van der Waals surface area contributed by atoms with Crippen LogP contribution in [0.25, 0.3) is 6.08 Å². The molecule has 5 heteroatoms. The average molecular weight is 487 g/mol. The minimum absolute atomic E-state index is 0.227. The molecule has 0 saturated carbocycles. The van der Waals surface area contributed by atoms with Crippen LogP contribution in [0.4, 0.5) is 0 Å². The fraction of sp³-hybridized carbons (Fsp3) is 0.290. The van der Waals surface area contributed by atoms with Crippen molar-refractivity contribution in [3.8, 4) is 11.5 Å². The van der Waals surface area contributed by atoms with E-state index in [0.717, 1.165) is 23.3 Å². The monoisotopic (exact) mass is 486 g/mol. The molecule has 188 valence electrons. The lowest BCUT2D eigenvalue weighted by molar-refractivity contribution is -0.138. The molecule has 0 saturated heterocycles. The van der Waals surface area contributed by atoms with Crippen molar-refractivity contribution < 1.29 is 23.8 Å². The molecule has 0 heterocycles. The molecule has 0 atom stereocenters. The summed E-state index contributed by atoms with van der Waals surface area (Å²) in [5.41, 5.74) is 2.17. The molecule has 0 aliphatic rings. The standard InChI is InChI=1S/C31H34O5/c1-2-3-4-5-6-10-23-34-28-20-16-27(17-21-28)31(33)36-29-18-13-25(14-19-29)15-22-30(32)35-24-26-11-8-7-9-12-26/h7-9,11-22H,2-6,10,23-24H2,1H3/b22-15+. The van der Waals surface area contributed by atoms with E-state index in [-0.39, 0.29) is 6.61 Å². The summed E-state index contributed by atoms with van der Waals surface area (Å²) in [6, 6.07) is 23.4. The molecular formula is C31H34O5. The van der Waals surface area contributed by atoms with Crippen LogP contribution in [0.3, 0.4) is 0 Å². The Hall–Kier alpha value is -3.86. The van der Waals surface area contributed by atoms with E-state index in [1.54, 1.807) is 54.6 Å². The Balaban J connectivity index is 1.39. The van der Waals surface area contributed by atoms with Crippen molar-refractivity contribution in [1.82, 2.24) is 0 Å². The van der Waals surface area contributed by atoms with Gasteiger partial charge in [0, 0.05) is 6.08 Å². The fourth-order valence-corrected chi connectivity index (χ4v) is 3.51. The smallest absolute Gasteiger partial charge is 0.343 e. The third-order valence-corrected chi connectivity index (χ3v) is 5.58. The number of hydrogen-bond acceptors (Lipinski definition) is 5. The van der Waals surface area contributed by atoms with Crippen LogP contribution in [0, 0.1) is 0 Å². The molecule has 3 aromatic rings. The second-order valence-corrected chi connectivity index (χ2v) is 8.53. The van der Waals surface area contributed by atoms with Gasteiger partial charge in [-0.15, -0.1) is 0 Å². The number of esters is 2. The van der Waals surface area contributed by atoms with E-state index in [1.807, 2.05) is 30.3 Å². The van der Waals surface area contributed by atoms with E-state index in [4.69, 9.17) is 14.2 Å². The molecule has 3 rings (SSSR count). The molecule has 0 spiro atoms. The lowest BCUT2D eigenvalue weighted by atomic mass is 10.1. The van der Waals surface area contributed by atoms with Crippen LogP contribution in [0.1, 0.15) is 66.9 Å². The van der Waals surface area contributed by atoms with Crippen molar-refractivity contribution >= 4 is 18.0 Å². The Bertz CT molecular complexity index is 1090. The molecule has 0 bridgehead atoms. The number of benzene rings is 3. The van der Waals surface area contributed by atoms with Gasteiger partial charge in [0.05, 0.1) is 12.2 Å². The first kappa shape index (κ1) is 26.7. The highest BCUT2D eigenvalue weighted by atomic mass is 16.5. The molecule has 0 aliphatic carbocycles. The summed E-state index contributed by atoms with van der Waals surface area (Å²) in [5, 5.41) is 0. The molecule has 0 aliphatic heterocycles. The van der Waals surface area contributed by atoms with Gasteiger partial charge in [0.2, 0.25) is 0 Å². The molecule has 0 unspecified atom stereocenters. The Morgan fingerprint density at radius 3 is 2.14 bits per heavy atom. The number of carbonyl (C=O) groups is 2. The summed E-state index contributed by atoms with van der Waals surface area (Å²) in [6.07, 6.45) is 10.3. The van der Waals surface area contributed by atoms with Crippen molar-refractivity contribution in [2.24, 2.45) is 0 Å². The van der Waals surface area contributed by atoms with Crippen molar-refractivity contribution in [1.29, 1.82) is 0 Å². The summed E-state index contributed by atoms with van der Waals surface area (Å²) in [4.78, 5) is 24.4. The van der Waals surface area contributed by atoms with Crippen LogP contribution in [-0.4, -0.2) is 18.5 Å². The third kappa shape index (κ3) is 9.79. The Kier molecular flexibility index (Phi) is 11.3. The predicted molar refractivity (Wildman–Crippen MR) is 142 cm³/mol. The van der Waals surface area contributed by atoms with Crippen LogP contribution in [0.5, 0.6) is 11.5 Å². The van der Waals surface area contributed by atoms with Gasteiger partial charge in [0.15, 0.2) is 0 Å². The lowest BCUT2D eigenvalue weighted by Crippen LogP contribution is -2.08. The van der Waals surface area contributed by atoms with Crippen LogP contribution < -0.4 is 9.47 Å². The summed E-state index contributed by atoms with van der Waals surface area (Å²) < 4.78 is 16.4. The molecule has 0 radical (unpaired) electrons. The minimum Gasteiger partial charge on any atom is -0.494 e. The summed E-state index contributed by atoms with van der Waals surface area (Å²) >= 11 is 0. The average Bonchev–Trinajstić information content (AvgIpc) is 2.92. The van der Waals surface area contributed by atoms with Crippen LogP contribution in [-0.2, 0) is 16.1 Å². The van der Waals surface area contributed by atoms with Crippen molar-refractivity contribution in [3.63, 3.8) is 0 Å². The highest BCUT2D eigenvalue weighted by molar-refractivity contribution is 5.91. The molecule has 0 fully saturated rings. The second kappa shape index (κ2) is 15.2. The molecule has 0 amide bonds. The first-order valence-electron chi connectivity index (χ1n) is 12.6. The van der Waals surface area contributed by atoms with Crippen molar-refractivity contribution in [2.75, 3.05) is 6.61 Å². The molecule has 0 N–H and O–H groups in total. The summed E-state index contributed by atoms with van der Waals surface area (Å²) in [6.45, 7) is 3.12. The lowest BCUT2D eigenvalue weighted by Gasteiger charge is -2.08. The van der Waals surface area contributed by atoms with Crippen LogP contribution in [0.15, 0.2) is 84.9 Å². The maximum atomic E-state index is 12.5. The SMILES string of the molecule is CCCCCCCCOc1ccc(C(=O)Oc2ccc(/C=C/C(=O)OCc3ccccc3)cc2)cc1. The molecule has 3 aromatic carbocycles. The van der Waals surface area contributed by atoms with E-state index in [1.165, 1.54) is 38.2 Å². The van der Waals surface area contributed by atoms with Gasteiger partial charge in [-0.25, -0.2) is 9.59 Å².